The number of carbonyl (C=O) groups excluding carboxylic acids is 1. The monoisotopic (exact) mass is 426 g/mol. The molecule has 31 heavy (non-hydrogen) atoms. The van der Waals surface area contributed by atoms with Crippen molar-refractivity contribution in [1.82, 2.24) is 0 Å². The fraction of sp³-hybridized carbons (Fsp3) is 0.0769. The van der Waals surface area contributed by atoms with Gasteiger partial charge in [-0.05, 0) is 78.4 Å². The Morgan fingerprint density at radius 2 is 1.55 bits per heavy atom. The van der Waals surface area contributed by atoms with Crippen molar-refractivity contribution in [2.45, 2.75) is 6.92 Å². The summed E-state index contributed by atoms with van der Waals surface area (Å²) in [5.41, 5.74) is 3.39. The van der Waals surface area contributed by atoms with E-state index in [-0.39, 0.29) is 5.91 Å². The fourth-order valence-corrected chi connectivity index (χ4v) is 3.38. The Hall–Kier alpha value is -3.70. The first-order valence-electron chi connectivity index (χ1n) is 9.92. The average molecular weight is 427 g/mol. The zero-order valence-electron chi connectivity index (χ0n) is 17.3. The number of aryl methyl sites for hydroxylation is 1. The molecule has 1 amide bonds. The van der Waals surface area contributed by atoms with Gasteiger partial charge in [0.25, 0.3) is 11.1 Å². The zero-order valence-corrected chi connectivity index (χ0v) is 18.1. The van der Waals surface area contributed by atoms with E-state index in [9.17, 15) is 4.79 Å². The number of rotatable bonds is 4. The lowest BCUT2D eigenvalue weighted by molar-refractivity contribution is 0.102. The molecular weight excluding hydrogens is 404 g/mol. The SMILES string of the molecule is Cc1ccc(NC(=O)c2ccc(OC(=S)N(C)c3ccc4ccccc4c3)cc2)cc1. The largest absolute Gasteiger partial charge is 0.432 e. The van der Waals surface area contributed by atoms with Gasteiger partial charge in [0.2, 0.25) is 0 Å². The summed E-state index contributed by atoms with van der Waals surface area (Å²) in [7, 11) is 1.87. The molecule has 0 fully saturated rings. The van der Waals surface area contributed by atoms with Crippen LogP contribution in [-0.4, -0.2) is 18.1 Å². The smallest absolute Gasteiger partial charge is 0.269 e. The van der Waals surface area contributed by atoms with Crippen LogP contribution in [-0.2, 0) is 0 Å². The Balaban J connectivity index is 1.41. The van der Waals surface area contributed by atoms with Crippen LogP contribution >= 0.6 is 12.2 Å². The van der Waals surface area contributed by atoms with Crippen molar-refractivity contribution < 1.29 is 9.53 Å². The Kier molecular flexibility index (Phi) is 5.96. The topological polar surface area (TPSA) is 41.6 Å². The number of hydrogen-bond donors (Lipinski definition) is 1. The first-order chi connectivity index (χ1) is 15.0. The molecule has 0 aliphatic rings. The molecule has 0 atom stereocenters. The molecule has 5 heteroatoms. The van der Waals surface area contributed by atoms with Crippen molar-refractivity contribution in [1.29, 1.82) is 0 Å². The van der Waals surface area contributed by atoms with E-state index in [4.69, 9.17) is 17.0 Å². The van der Waals surface area contributed by atoms with E-state index in [1.54, 1.807) is 24.3 Å². The summed E-state index contributed by atoms with van der Waals surface area (Å²) < 4.78 is 5.83. The van der Waals surface area contributed by atoms with Gasteiger partial charge in [0.05, 0.1) is 0 Å². The highest BCUT2D eigenvalue weighted by atomic mass is 32.1. The van der Waals surface area contributed by atoms with Crippen molar-refractivity contribution in [3.8, 4) is 5.75 Å². The van der Waals surface area contributed by atoms with Crippen LogP contribution in [0.2, 0.25) is 0 Å². The molecule has 0 aromatic heterocycles. The summed E-state index contributed by atoms with van der Waals surface area (Å²) in [5, 5.41) is 5.52. The first kappa shape index (κ1) is 20.6. The third kappa shape index (κ3) is 4.90. The zero-order chi connectivity index (χ0) is 21.8. The Labute approximate surface area is 187 Å². The van der Waals surface area contributed by atoms with Gasteiger partial charge in [0, 0.05) is 24.0 Å². The first-order valence-corrected chi connectivity index (χ1v) is 10.3. The van der Waals surface area contributed by atoms with Crippen LogP contribution in [0.4, 0.5) is 11.4 Å². The number of anilines is 2. The maximum atomic E-state index is 12.4. The molecule has 0 aliphatic heterocycles. The van der Waals surface area contributed by atoms with E-state index >= 15 is 0 Å². The van der Waals surface area contributed by atoms with E-state index in [1.807, 2.05) is 61.3 Å². The molecular formula is C26H22N2O2S. The number of amides is 1. The molecule has 4 nitrogen and oxygen atoms in total. The highest BCUT2D eigenvalue weighted by Gasteiger charge is 2.11. The molecule has 4 rings (SSSR count). The Bertz CT molecular complexity index is 1230. The normalized spacial score (nSPS) is 10.5. The van der Waals surface area contributed by atoms with Crippen LogP contribution < -0.4 is 15.0 Å². The molecule has 0 saturated heterocycles. The fourth-order valence-electron chi connectivity index (χ4n) is 3.17. The van der Waals surface area contributed by atoms with Gasteiger partial charge >= 0.3 is 0 Å². The summed E-state index contributed by atoms with van der Waals surface area (Å²) in [6.45, 7) is 2.01. The minimum Gasteiger partial charge on any atom is -0.432 e. The van der Waals surface area contributed by atoms with Crippen LogP contribution in [0.15, 0.2) is 91.0 Å². The van der Waals surface area contributed by atoms with Crippen molar-refractivity contribution in [3.63, 3.8) is 0 Å². The van der Waals surface area contributed by atoms with Crippen molar-refractivity contribution in [2.24, 2.45) is 0 Å². The molecule has 0 unspecified atom stereocenters. The van der Waals surface area contributed by atoms with Gasteiger partial charge in [-0.25, -0.2) is 0 Å². The highest BCUT2D eigenvalue weighted by molar-refractivity contribution is 7.80. The Morgan fingerprint density at radius 1 is 0.871 bits per heavy atom. The van der Waals surface area contributed by atoms with Crippen LogP contribution in [0, 0.1) is 6.92 Å². The number of nitrogens with zero attached hydrogens (tertiary/aromatic N) is 1. The molecule has 0 saturated carbocycles. The van der Waals surface area contributed by atoms with Gasteiger partial charge < -0.3 is 15.0 Å². The minimum absolute atomic E-state index is 0.175. The number of carbonyl (C=O) groups is 1. The van der Waals surface area contributed by atoms with E-state index < -0.39 is 0 Å². The van der Waals surface area contributed by atoms with Gasteiger partial charge in [0.1, 0.15) is 5.75 Å². The molecule has 154 valence electrons. The van der Waals surface area contributed by atoms with Crippen molar-refractivity contribution in [3.05, 3.63) is 102 Å². The third-order valence-electron chi connectivity index (χ3n) is 5.03. The molecule has 0 spiro atoms. The molecule has 0 bridgehead atoms. The maximum Gasteiger partial charge on any atom is 0.269 e. The van der Waals surface area contributed by atoms with Crippen molar-refractivity contribution >= 4 is 45.4 Å². The van der Waals surface area contributed by atoms with Gasteiger partial charge in [0.15, 0.2) is 0 Å². The number of ether oxygens (including phenoxy) is 1. The van der Waals surface area contributed by atoms with Crippen LogP contribution in [0.3, 0.4) is 0 Å². The predicted octanol–water partition coefficient (Wildman–Crippen LogP) is 6.20. The highest BCUT2D eigenvalue weighted by Crippen LogP contribution is 2.23. The molecule has 1 N–H and O–H groups in total. The maximum absolute atomic E-state index is 12.4. The number of benzene rings is 4. The van der Waals surface area contributed by atoms with E-state index in [0.717, 1.165) is 22.3 Å². The standard InChI is InChI=1S/C26H22N2O2S/c1-18-7-12-22(13-8-18)27-25(29)20-10-15-24(16-11-20)30-26(31)28(2)23-14-9-19-5-3-4-6-21(19)17-23/h3-17H,1-2H3,(H,27,29). The average Bonchev–Trinajstić information content (AvgIpc) is 2.80. The minimum atomic E-state index is -0.175. The number of hydrogen-bond acceptors (Lipinski definition) is 3. The molecule has 0 aliphatic carbocycles. The third-order valence-corrected chi connectivity index (χ3v) is 5.38. The van der Waals surface area contributed by atoms with Gasteiger partial charge in [-0.2, -0.15) is 0 Å². The lowest BCUT2D eigenvalue weighted by Gasteiger charge is -2.20. The van der Waals surface area contributed by atoms with Crippen LogP contribution in [0.25, 0.3) is 10.8 Å². The lowest BCUT2D eigenvalue weighted by atomic mass is 10.1. The summed E-state index contributed by atoms with van der Waals surface area (Å²) in [4.78, 5) is 14.3. The summed E-state index contributed by atoms with van der Waals surface area (Å²) >= 11 is 5.47. The summed E-state index contributed by atoms with van der Waals surface area (Å²) in [5.74, 6) is 0.399. The summed E-state index contributed by atoms with van der Waals surface area (Å²) in [6.07, 6.45) is 0. The van der Waals surface area contributed by atoms with E-state index in [0.29, 0.717) is 16.5 Å². The second-order valence-corrected chi connectivity index (χ2v) is 7.65. The number of nitrogens with one attached hydrogen (secondary N) is 1. The van der Waals surface area contributed by atoms with E-state index in [1.165, 1.54) is 5.39 Å². The molecule has 4 aromatic rings. The van der Waals surface area contributed by atoms with E-state index in [2.05, 4.69) is 29.6 Å². The summed E-state index contributed by atoms with van der Waals surface area (Å²) in [6, 6.07) is 28.9. The molecule has 4 aromatic carbocycles. The second-order valence-electron chi connectivity index (χ2n) is 7.30. The van der Waals surface area contributed by atoms with Gasteiger partial charge in [-0.3, -0.25) is 4.79 Å². The quantitative estimate of drug-likeness (QED) is 0.395. The van der Waals surface area contributed by atoms with Crippen LogP contribution in [0.1, 0.15) is 15.9 Å². The lowest BCUT2D eigenvalue weighted by Crippen LogP contribution is -2.29. The van der Waals surface area contributed by atoms with Crippen molar-refractivity contribution in [2.75, 3.05) is 17.3 Å². The second kappa shape index (κ2) is 8.98. The number of thiocarbonyl (C=S) groups is 1. The number of fused-ring (bicyclic) bond motifs is 1. The predicted molar refractivity (Wildman–Crippen MR) is 131 cm³/mol. The Morgan fingerprint density at radius 3 is 2.26 bits per heavy atom. The molecule has 0 heterocycles. The van der Waals surface area contributed by atoms with Crippen LogP contribution in [0.5, 0.6) is 5.75 Å². The van der Waals surface area contributed by atoms with Gasteiger partial charge in [-0.15, -0.1) is 0 Å². The molecule has 0 radical (unpaired) electrons. The van der Waals surface area contributed by atoms with Gasteiger partial charge in [-0.1, -0.05) is 48.0 Å².